The molecule has 2 aromatic heterocycles. The summed E-state index contributed by atoms with van der Waals surface area (Å²) in [4.78, 5) is 20.1. The molecule has 4 rings (SSSR count). The Hall–Kier alpha value is -3.05. The summed E-state index contributed by atoms with van der Waals surface area (Å²) in [6.07, 6.45) is 2.72. The highest BCUT2D eigenvalue weighted by Gasteiger charge is 2.09. The predicted molar refractivity (Wildman–Crippen MR) is 109 cm³/mol. The number of para-hydroxylation sites is 1. The van der Waals surface area contributed by atoms with Gasteiger partial charge in [-0.1, -0.05) is 29.8 Å². The highest BCUT2D eigenvalue weighted by molar-refractivity contribution is 6.32. The fraction of sp³-hybridized carbons (Fsp3) is 0.143. The number of carbonyl (C=O) groups excluding carboxylic acids is 1. The number of hydrogen-bond donors (Lipinski definition) is 2. The summed E-state index contributed by atoms with van der Waals surface area (Å²) >= 11 is 6.09. The molecule has 2 aromatic carbocycles. The van der Waals surface area contributed by atoms with Crippen molar-refractivity contribution in [1.29, 1.82) is 0 Å². The number of ether oxygens (including phenoxy) is 1. The number of hydrogen-bond acceptors (Lipinski definition) is 3. The topological polar surface area (TPSA) is 67.0 Å². The molecule has 0 aliphatic rings. The van der Waals surface area contributed by atoms with Gasteiger partial charge >= 0.3 is 0 Å². The molecular weight excluding hydrogens is 362 g/mol. The number of aromatic amines is 1. The first-order valence-electron chi connectivity index (χ1n) is 8.63. The van der Waals surface area contributed by atoms with Gasteiger partial charge in [0.15, 0.2) is 0 Å². The third-order valence-electron chi connectivity index (χ3n) is 4.49. The zero-order chi connectivity index (χ0) is 18.8. The standard InChI is InChI=1S/C21H18ClN3O2/c1-27-20-8-6-14(11-17(20)22)24-21(26)9-7-13-10-16-15-4-2-3-5-18(15)25-19(16)12-23-13/h2-6,8,10-12,25H,7,9H2,1H3,(H,24,26). The minimum Gasteiger partial charge on any atom is -0.495 e. The Labute approximate surface area is 161 Å². The van der Waals surface area contributed by atoms with Crippen LogP contribution in [0.25, 0.3) is 21.8 Å². The van der Waals surface area contributed by atoms with Crippen molar-refractivity contribution in [2.45, 2.75) is 12.8 Å². The van der Waals surface area contributed by atoms with Gasteiger partial charge in [-0.25, -0.2) is 0 Å². The molecule has 0 aliphatic heterocycles. The van der Waals surface area contributed by atoms with Crippen molar-refractivity contribution in [3.8, 4) is 5.75 Å². The molecular formula is C21H18ClN3O2. The maximum Gasteiger partial charge on any atom is 0.224 e. The molecule has 0 radical (unpaired) electrons. The second-order valence-corrected chi connectivity index (χ2v) is 6.70. The molecule has 136 valence electrons. The van der Waals surface area contributed by atoms with E-state index < -0.39 is 0 Å². The van der Waals surface area contributed by atoms with Gasteiger partial charge in [0.05, 0.1) is 23.8 Å². The van der Waals surface area contributed by atoms with E-state index in [1.54, 1.807) is 25.3 Å². The third kappa shape index (κ3) is 3.59. The molecule has 0 bridgehead atoms. The van der Waals surface area contributed by atoms with Crippen molar-refractivity contribution >= 4 is 45.0 Å². The third-order valence-corrected chi connectivity index (χ3v) is 4.79. The molecule has 6 heteroatoms. The molecule has 4 aromatic rings. The van der Waals surface area contributed by atoms with Gasteiger partial charge in [-0.2, -0.15) is 0 Å². The molecule has 0 aliphatic carbocycles. The summed E-state index contributed by atoms with van der Waals surface area (Å²) in [7, 11) is 1.55. The lowest BCUT2D eigenvalue weighted by atomic mass is 10.1. The van der Waals surface area contributed by atoms with Gasteiger partial charge in [-0.3, -0.25) is 9.78 Å². The maximum atomic E-state index is 12.3. The molecule has 5 nitrogen and oxygen atoms in total. The fourth-order valence-corrected chi connectivity index (χ4v) is 3.40. The van der Waals surface area contributed by atoms with Crippen molar-refractivity contribution in [3.63, 3.8) is 0 Å². The molecule has 0 saturated carbocycles. The normalized spacial score (nSPS) is 11.0. The summed E-state index contributed by atoms with van der Waals surface area (Å²) < 4.78 is 5.11. The zero-order valence-corrected chi connectivity index (χ0v) is 15.5. The molecule has 0 atom stereocenters. The van der Waals surface area contributed by atoms with E-state index in [4.69, 9.17) is 16.3 Å². The fourth-order valence-electron chi connectivity index (χ4n) is 3.14. The molecule has 0 unspecified atom stereocenters. The van der Waals surface area contributed by atoms with Gasteiger partial charge in [-0.05, 0) is 36.8 Å². The number of nitrogens with one attached hydrogen (secondary N) is 2. The van der Waals surface area contributed by atoms with E-state index in [0.717, 1.165) is 27.5 Å². The first-order valence-corrected chi connectivity index (χ1v) is 9.00. The Bertz CT molecular complexity index is 1140. The number of anilines is 1. The number of halogens is 1. The van der Waals surface area contributed by atoms with Crippen molar-refractivity contribution in [1.82, 2.24) is 9.97 Å². The first kappa shape index (κ1) is 17.4. The van der Waals surface area contributed by atoms with Crippen LogP contribution in [-0.4, -0.2) is 23.0 Å². The molecule has 0 saturated heterocycles. The Morgan fingerprint density at radius 3 is 2.81 bits per heavy atom. The second kappa shape index (κ2) is 7.29. The minimum absolute atomic E-state index is 0.0861. The number of aryl methyl sites for hydroxylation is 1. The number of aromatic nitrogens is 2. The number of methoxy groups -OCH3 is 1. The summed E-state index contributed by atoms with van der Waals surface area (Å²) in [5.41, 5.74) is 3.61. The van der Waals surface area contributed by atoms with E-state index in [1.165, 1.54) is 0 Å². The Balaban J connectivity index is 1.45. The van der Waals surface area contributed by atoms with Gasteiger partial charge in [0.25, 0.3) is 0 Å². The van der Waals surface area contributed by atoms with Crippen LogP contribution in [0.5, 0.6) is 5.75 Å². The van der Waals surface area contributed by atoms with Crippen molar-refractivity contribution in [3.05, 3.63) is 65.4 Å². The van der Waals surface area contributed by atoms with Gasteiger partial charge in [0, 0.05) is 34.1 Å². The smallest absolute Gasteiger partial charge is 0.224 e. The number of carbonyl (C=O) groups is 1. The summed E-state index contributed by atoms with van der Waals surface area (Å²) in [5.74, 6) is 0.489. The van der Waals surface area contributed by atoms with Crippen LogP contribution in [0.15, 0.2) is 54.7 Å². The van der Waals surface area contributed by atoms with Gasteiger partial charge in [0.2, 0.25) is 5.91 Å². The van der Waals surface area contributed by atoms with Crippen LogP contribution in [0, 0.1) is 0 Å². The van der Waals surface area contributed by atoms with E-state index in [0.29, 0.717) is 29.3 Å². The molecule has 2 heterocycles. The molecule has 0 spiro atoms. The van der Waals surface area contributed by atoms with Gasteiger partial charge in [0.1, 0.15) is 5.75 Å². The summed E-state index contributed by atoms with van der Waals surface area (Å²) in [6, 6.07) is 15.4. The molecule has 2 N–H and O–H groups in total. The molecule has 27 heavy (non-hydrogen) atoms. The number of fused-ring (bicyclic) bond motifs is 3. The SMILES string of the molecule is COc1ccc(NC(=O)CCc2cc3c(cn2)[nH]c2ccccc23)cc1Cl. The Morgan fingerprint density at radius 2 is 2.00 bits per heavy atom. The number of amides is 1. The minimum atomic E-state index is -0.0861. The number of H-pyrrole nitrogens is 1. The van der Waals surface area contributed by atoms with Crippen LogP contribution in [0.3, 0.4) is 0 Å². The molecule has 1 amide bonds. The first-order chi connectivity index (χ1) is 13.1. The van der Waals surface area contributed by atoms with Crippen LogP contribution in [0.2, 0.25) is 5.02 Å². The number of nitrogens with zero attached hydrogens (tertiary/aromatic N) is 1. The predicted octanol–water partition coefficient (Wildman–Crippen LogP) is 4.95. The van der Waals surface area contributed by atoms with Crippen LogP contribution in [-0.2, 0) is 11.2 Å². The van der Waals surface area contributed by atoms with Crippen LogP contribution in [0.4, 0.5) is 5.69 Å². The van der Waals surface area contributed by atoms with Gasteiger partial charge < -0.3 is 15.0 Å². The Kier molecular flexibility index (Phi) is 4.69. The lowest BCUT2D eigenvalue weighted by Crippen LogP contribution is -2.12. The molecule has 0 fully saturated rings. The van der Waals surface area contributed by atoms with E-state index in [-0.39, 0.29) is 5.91 Å². The van der Waals surface area contributed by atoms with E-state index in [9.17, 15) is 4.79 Å². The summed E-state index contributed by atoms with van der Waals surface area (Å²) in [5, 5.41) is 5.60. The van der Waals surface area contributed by atoms with Crippen LogP contribution < -0.4 is 10.1 Å². The van der Waals surface area contributed by atoms with Gasteiger partial charge in [-0.15, -0.1) is 0 Å². The Morgan fingerprint density at radius 1 is 1.15 bits per heavy atom. The second-order valence-electron chi connectivity index (χ2n) is 6.29. The maximum absolute atomic E-state index is 12.3. The number of benzene rings is 2. The van der Waals surface area contributed by atoms with E-state index in [1.807, 2.05) is 30.5 Å². The average Bonchev–Trinajstić information content (AvgIpc) is 3.04. The van der Waals surface area contributed by atoms with Crippen molar-refractivity contribution in [2.75, 3.05) is 12.4 Å². The van der Waals surface area contributed by atoms with E-state index >= 15 is 0 Å². The van der Waals surface area contributed by atoms with Crippen LogP contribution >= 0.6 is 11.6 Å². The van der Waals surface area contributed by atoms with Crippen molar-refractivity contribution < 1.29 is 9.53 Å². The summed E-state index contributed by atoms with van der Waals surface area (Å²) in [6.45, 7) is 0. The monoisotopic (exact) mass is 379 g/mol. The van der Waals surface area contributed by atoms with Crippen LogP contribution in [0.1, 0.15) is 12.1 Å². The number of pyridine rings is 1. The highest BCUT2D eigenvalue weighted by atomic mass is 35.5. The highest BCUT2D eigenvalue weighted by Crippen LogP contribution is 2.27. The number of rotatable bonds is 5. The van der Waals surface area contributed by atoms with Crippen molar-refractivity contribution in [2.24, 2.45) is 0 Å². The zero-order valence-electron chi connectivity index (χ0n) is 14.8. The van der Waals surface area contributed by atoms with E-state index in [2.05, 4.69) is 21.4 Å². The quantitative estimate of drug-likeness (QED) is 0.515. The average molecular weight is 380 g/mol. The largest absolute Gasteiger partial charge is 0.495 e. The lowest BCUT2D eigenvalue weighted by Gasteiger charge is -2.08. The lowest BCUT2D eigenvalue weighted by molar-refractivity contribution is -0.116.